The highest BCUT2D eigenvalue weighted by Crippen LogP contribution is 2.32. The maximum Gasteiger partial charge on any atom is 0.253 e. The summed E-state index contributed by atoms with van der Waals surface area (Å²) in [6.45, 7) is 3.98. The lowest BCUT2D eigenvalue weighted by molar-refractivity contribution is 0.334. The van der Waals surface area contributed by atoms with Crippen molar-refractivity contribution in [1.82, 2.24) is 4.98 Å². The molecule has 1 aromatic heterocycles. The standard InChI is InChI=1S/C16H16F4N2O/c1-3-10(9-7-5-6-8-11(9)23-4-2)21-14-12(17)15(19)22-16(20)13(14)18/h5-8,10H,3-4H2,1-2H3,(H,21,22). The lowest BCUT2D eigenvalue weighted by Gasteiger charge is -2.22. The van der Waals surface area contributed by atoms with Crippen LogP contribution in [-0.2, 0) is 0 Å². The topological polar surface area (TPSA) is 34.1 Å². The van der Waals surface area contributed by atoms with Gasteiger partial charge in [-0.25, -0.2) is 0 Å². The van der Waals surface area contributed by atoms with Crippen LogP contribution in [0.1, 0.15) is 31.9 Å². The molecule has 0 aliphatic rings. The Balaban J connectivity index is 2.42. The Morgan fingerprint density at radius 1 is 1.04 bits per heavy atom. The molecule has 23 heavy (non-hydrogen) atoms. The molecular formula is C16H16F4N2O. The Morgan fingerprint density at radius 3 is 2.22 bits per heavy atom. The van der Waals surface area contributed by atoms with Crippen LogP contribution in [0.15, 0.2) is 24.3 Å². The van der Waals surface area contributed by atoms with Gasteiger partial charge in [-0.1, -0.05) is 25.1 Å². The van der Waals surface area contributed by atoms with Crippen LogP contribution in [0.25, 0.3) is 0 Å². The van der Waals surface area contributed by atoms with Crippen molar-refractivity contribution in [3.63, 3.8) is 0 Å². The van der Waals surface area contributed by atoms with E-state index < -0.39 is 35.3 Å². The quantitative estimate of drug-likeness (QED) is 0.621. The summed E-state index contributed by atoms with van der Waals surface area (Å²) in [4.78, 5) is 2.54. The second-order valence-corrected chi connectivity index (χ2v) is 4.77. The van der Waals surface area contributed by atoms with Gasteiger partial charge in [-0.05, 0) is 19.4 Å². The third kappa shape index (κ3) is 3.55. The van der Waals surface area contributed by atoms with Gasteiger partial charge in [-0.2, -0.15) is 22.5 Å². The molecule has 2 aromatic rings. The summed E-state index contributed by atoms with van der Waals surface area (Å²) in [6.07, 6.45) is 0.411. The average molecular weight is 328 g/mol. The fourth-order valence-electron chi connectivity index (χ4n) is 2.24. The van der Waals surface area contributed by atoms with Crippen LogP contribution in [0.3, 0.4) is 0 Å². The Hall–Kier alpha value is -2.31. The summed E-state index contributed by atoms with van der Waals surface area (Å²) >= 11 is 0. The Bertz CT molecular complexity index is 668. The molecule has 0 saturated heterocycles. The minimum Gasteiger partial charge on any atom is -0.494 e. The van der Waals surface area contributed by atoms with Crippen molar-refractivity contribution in [3.05, 3.63) is 53.4 Å². The van der Waals surface area contributed by atoms with Crippen LogP contribution in [0.5, 0.6) is 5.75 Å². The van der Waals surface area contributed by atoms with Crippen molar-refractivity contribution in [1.29, 1.82) is 0 Å². The molecule has 0 saturated carbocycles. The van der Waals surface area contributed by atoms with Crippen LogP contribution in [0.2, 0.25) is 0 Å². The van der Waals surface area contributed by atoms with Gasteiger partial charge in [0.1, 0.15) is 11.4 Å². The van der Waals surface area contributed by atoms with E-state index in [4.69, 9.17) is 4.74 Å². The van der Waals surface area contributed by atoms with Gasteiger partial charge in [-0.3, -0.25) is 0 Å². The normalized spacial score (nSPS) is 12.1. The van der Waals surface area contributed by atoms with Gasteiger partial charge < -0.3 is 10.1 Å². The summed E-state index contributed by atoms with van der Waals surface area (Å²) in [7, 11) is 0. The fraction of sp³-hybridized carbons (Fsp3) is 0.312. The zero-order chi connectivity index (χ0) is 17.0. The van der Waals surface area contributed by atoms with Crippen molar-refractivity contribution >= 4 is 5.69 Å². The minimum absolute atomic E-state index is 0.411. The summed E-state index contributed by atoms with van der Waals surface area (Å²) in [5.74, 6) is -5.98. The molecule has 7 heteroatoms. The molecule has 0 fully saturated rings. The highest BCUT2D eigenvalue weighted by Gasteiger charge is 2.24. The van der Waals surface area contributed by atoms with Crippen molar-refractivity contribution in [3.8, 4) is 5.75 Å². The maximum absolute atomic E-state index is 13.8. The van der Waals surface area contributed by atoms with Crippen LogP contribution in [0, 0.1) is 23.5 Å². The molecule has 2 rings (SSSR count). The van der Waals surface area contributed by atoms with Crippen LogP contribution in [-0.4, -0.2) is 11.6 Å². The lowest BCUT2D eigenvalue weighted by Crippen LogP contribution is -2.16. The number of hydrogen-bond acceptors (Lipinski definition) is 3. The molecule has 1 N–H and O–H groups in total. The van der Waals surface area contributed by atoms with Gasteiger partial charge in [0.05, 0.1) is 12.6 Å². The molecular weight excluding hydrogens is 312 g/mol. The highest BCUT2D eigenvalue weighted by atomic mass is 19.2. The van der Waals surface area contributed by atoms with E-state index in [1.807, 2.05) is 0 Å². The molecule has 1 heterocycles. The lowest BCUT2D eigenvalue weighted by atomic mass is 10.0. The number of ether oxygens (including phenoxy) is 1. The first kappa shape index (κ1) is 17.1. The van der Waals surface area contributed by atoms with Crippen molar-refractivity contribution in [2.45, 2.75) is 26.3 Å². The summed E-state index contributed by atoms with van der Waals surface area (Å²) < 4.78 is 59.4. The summed E-state index contributed by atoms with van der Waals surface area (Å²) in [5, 5.41) is 2.51. The van der Waals surface area contributed by atoms with E-state index in [1.54, 1.807) is 38.1 Å². The molecule has 3 nitrogen and oxygen atoms in total. The molecule has 1 unspecified atom stereocenters. The molecule has 0 aliphatic heterocycles. The third-order valence-electron chi connectivity index (χ3n) is 3.32. The number of hydrogen-bond donors (Lipinski definition) is 1. The predicted molar refractivity (Wildman–Crippen MR) is 78.3 cm³/mol. The number of anilines is 1. The first-order chi connectivity index (χ1) is 11.0. The molecule has 0 bridgehead atoms. The molecule has 124 valence electrons. The zero-order valence-electron chi connectivity index (χ0n) is 12.7. The Morgan fingerprint density at radius 2 is 1.65 bits per heavy atom. The average Bonchev–Trinajstić information content (AvgIpc) is 2.54. The molecule has 0 spiro atoms. The van der Waals surface area contributed by atoms with Gasteiger partial charge in [0.2, 0.25) is 11.6 Å². The monoisotopic (exact) mass is 328 g/mol. The van der Waals surface area contributed by atoms with E-state index in [1.165, 1.54) is 0 Å². The summed E-state index contributed by atoms with van der Waals surface area (Å²) in [6, 6.07) is 6.33. The van der Waals surface area contributed by atoms with Gasteiger partial charge >= 0.3 is 0 Å². The van der Waals surface area contributed by atoms with Gasteiger partial charge in [0.15, 0.2) is 0 Å². The molecule has 0 aliphatic carbocycles. The number of nitrogens with zero attached hydrogens (tertiary/aromatic N) is 1. The number of nitrogens with one attached hydrogen (secondary N) is 1. The number of pyridine rings is 1. The van der Waals surface area contributed by atoms with Gasteiger partial charge in [0, 0.05) is 5.56 Å². The second-order valence-electron chi connectivity index (χ2n) is 4.77. The maximum atomic E-state index is 13.8. The molecule has 1 aromatic carbocycles. The largest absolute Gasteiger partial charge is 0.494 e. The third-order valence-corrected chi connectivity index (χ3v) is 3.32. The van der Waals surface area contributed by atoms with Gasteiger partial charge in [-0.15, -0.1) is 0 Å². The number of aromatic nitrogens is 1. The number of halogens is 4. The van der Waals surface area contributed by atoms with Crippen molar-refractivity contribution in [2.75, 3.05) is 11.9 Å². The fourth-order valence-corrected chi connectivity index (χ4v) is 2.24. The van der Waals surface area contributed by atoms with E-state index in [0.717, 1.165) is 0 Å². The zero-order valence-corrected chi connectivity index (χ0v) is 12.7. The van der Waals surface area contributed by atoms with E-state index in [9.17, 15) is 17.6 Å². The van der Waals surface area contributed by atoms with E-state index in [2.05, 4.69) is 10.3 Å². The smallest absolute Gasteiger partial charge is 0.253 e. The van der Waals surface area contributed by atoms with Crippen molar-refractivity contribution < 1.29 is 22.3 Å². The number of para-hydroxylation sites is 1. The minimum atomic E-state index is -1.70. The van der Waals surface area contributed by atoms with Crippen LogP contribution < -0.4 is 10.1 Å². The molecule has 0 amide bonds. The van der Waals surface area contributed by atoms with E-state index in [-0.39, 0.29) is 0 Å². The Labute approximate surface area is 131 Å². The van der Waals surface area contributed by atoms with Crippen molar-refractivity contribution in [2.24, 2.45) is 0 Å². The Kier molecular flexibility index (Phi) is 5.41. The van der Waals surface area contributed by atoms with E-state index >= 15 is 0 Å². The number of rotatable bonds is 6. The highest BCUT2D eigenvalue weighted by molar-refractivity contribution is 5.49. The predicted octanol–water partition coefficient (Wildman–Crippen LogP) is 4.60. The van der Waals surface area contributed by atoms with Crippen LogP contribution >= 0.6 is 0 Å². The first-order valence-corrected chi connectivity index (χ1v) is 7.17. The second kappa shape index (κ2) is 7.30. The SMILES string of the molecule is CCOc1ccccc1C(CC)Nc1c(F)c(F)nc(F)c1F. The molecule has 1 atom stereocenters. The first-order valence-electron chi connectivity index (χ1n) is 7.17. The molecule has 0 radical (unpaired) electrons. The van der Waals surface area contributed by atoms with Gasteiger partial charge in [0.25, 0.3) is 11.9 Å². The van der Waals surface area contributed by atoms with Crippen LogP contribution in [0.4, 0.5) is 23.2 Å². The number of benzene rings is 1. The van der Waals surface area contributed by atoms with E-state index in [0.29, 0.717) is 24.3 Å². The summed E-state index contributed by atoms with van der Waals surface area (Å²) in [5.41, 5.74) is -0.249.